The summed E-state index contributed by atoms with van der Waals surface area (Å²) in [7, 11) is 0. The van der Waals surface area contributed by atoms with E-state index < -0.39 is 0 Å². The fourth-order valence-electron chi connectivity index (χ4n) is 3.63. The maximum atomic E-state index is 8.79. The lowest BCUT2D eigenvalue weighted by Crippen LogP contribution is -2.21. The molecular weight excluding hydrogens is 272 g/mol. The van der Waals surface area contributed by atoms with E-state index in [1.807, 2.05) is 0 Å². The molecule has 0 N–H and O–H groups in total. The van der Waals surface area contributed by atoms with Crippen LogP contribution in [0.1, 0.15) is 77.0 Å². The predicted octanol–water partition coefficient (Wildman–Crippen LogP) is 4.77. The second-order valence-corrected chi connectivity index (χ2v) is 6.46. The minimum absolute atomic E-state index is 0.457. The molecule has 0 spiro atoms. The summed E-state index contributed by atoms with van der Waals surface area (Å²) in [5.74, 6) is 0.915. The Morgan fingerprint density at radius 1 is 0.773 bits per heavy atom. The molecule has 0 unspecified atom stereocenters. The first-order chi connectivity index (χ1) is 10.8. The third-order valence-electron chi connectivity index (χ3n) is 4.93. The molecule has 0 aliphatic heterocycles. The first kappa shape index (κ1) is 16.7. The van der Waals surface area contributed by atoms with Crippen LogP contribution in [0, 0.1) is 34.5 Å². The number of nitriles is 2. The van der Waals surface area contributed by atoms with E-state index in [1.54, 1.807) is 0 Å². The van der Waals surface area contributed by atoms with Gasteiger partial charge in [0.15, 0.2) is 0 Å². The third-order valence-corrected chi connectivity index (χ3v) is 4.93. The molecule has 2 aliphatic carbocycles. The lowest BCUT2D eigenvalue weighted by Gasteiger charge is -2.24. The summed E-state index contributed by atoms with van der Waals surface area (Å²) < 4.78 is 0. The van der Waals surface area contributed by atoms with Gasteiger partial charge in [-0.25, -0.2) is 0 Å². The van der Waals surface area contributed by atoms with Crippen molar-refractivity contribution in [3.05, 3.63) is 0 Å². The highest BCUT2D eigenvalue weighted by atomic mass is 15.2. The number of hydrogen-bond acceptors (Lipinski definition) is 4. The van der Waals surface area contributed by atoms with Crippen molar-refractivity contribution in [1.82, 2.24) is 0 Å². The molecule has 0 saturated heterocycles. The van der Waals surface area contributed by atoms with Gasteiger partial charge in [0.05, 0.1) is 12.1 Å². The Labute approximate surface area is 133 Å². The Morgan fingerprint density at radius 2 is 1.23 bits per heavy atom. The first-order valence-corrected chi connectivity index (χ1v) is 8.72. The lowest BCUT2D eigenvalue weighted by atomic mass is 9.84. The molecule has 0 heterocycles. The molecule has 2 rings (SSSR count). The molecule has 0 aromatic carbocycles. The highest BCUT2D eigenvalue weighted by molar-refractivity contribution is 5.90. The normalized spacial score (nSPS) is 29.2. The first-order valence-electron chi connectivity index (χ1n) is 8.72. The molecule has 4 nitrogen and oxygen atoms in total. The summed E-state index contributed by atoms with van der Waals surface area (Å²) >= 11 is 0. The zero-order valence-corrected chi connectivity index (χ0v) is 13.4. The van der Waals surface area contributed by atoms with E-state index in [1.165, 1.54) is 37.1 Å². The molecule has 0 aromatic rings. The Bertz CT molecular complexity index is 446. The fourth-order valence-corrected chi connectivity index (χ4v) is 3.63. The standard InChI is InChI=1S/C18H26N4/c19-13-5-9-15-7-1-3-11-17(15)21-22-18-12-4-2-8-16(18)10-6-14-20/h15-16H,1-12H2/b21-17-,22-18-/t15-,16+. The highest BCUT2D eigenvalue weighted by Crippen LogP contribution is 2.28. The van der Waals surface area contributed by atoms with Crippen LogP contribution in [-0.2, 0) is 0 Å². The quantitative estimate of drug-likeness (QED) is 0.686. The van der Waals surface area contributed by atoms with Gasteiger partial charge < -0.3 is 0 Å². The summed E-state index contributed by atoms with van der Waals surface area (Å²) in [6.07, 6.45) is 12.4. The van der Waals surface area contributed by atoms with E-state index in [-0.39, 0.29) is 0 Å². The summed E-state index contributed by atoms with van der Waals surface area (Å²) in [5, 5.41) is 26.8. The van der Waals surface area contributed by atoms with E-state index in [2.05, 4.69) is 22.3 Å². The van der Waals surface area contributed by atoms with Crippen molar-refractivity contribution in [3.63, 3.8) is 0 Å². The molecule has 0 amide bonds. The molecule has 2 fully saturated rings. The van der Waals surface area contributed by atoms with E-state index in [9.17, 15) is 0 Å². The van der Waals surface area contributed by atoms with Gasteiger partial charge in [-0.05, 0) is 51.4 Å². The Kier molecular flexibility index (Phi) is 7.10. The maximum absolute atomic E-state index is 8.79. The Balaban J connectivity index is 2.04. The van der Waals surface area contributed by atoms with Gasteiger partial charge in [0, 0.05) is 36.1 Å². The lowest BCUT2D eigenvalue weighted by molar-refractivity contribution is 0.494. The van der Waals surface area contributed by atoms with Gasteiger partial charge in [-0.15, -0.1) is 0 Å². The highest BCUT2D eigenvalue weighted by Gasteiger charge is 2.22. The number of rotatable bonds is 5. The monoisotopic (exact) mass is 298 g/mol. The van der Waals surface area contributed by atoms with Gasteiger partial charge in [-0.1, -0.05) is 12.8 Å². The fraction of sp³-hybridized carbons (Fsp3) is 0.778. The average molecular weight is 298 g/mol. The minimum atomic E-state index is 0.457. The van der Waals surface area contributed by atoms with Gasteiger partial charge in [-0.3, -0.25) is 0 Å². The summed E-state index contributed by atoms with van der Waals surface area (Å²) in [6.45, 7) is 0. The van der Waals surface area contributed by atoms with Crippen molar-refractivity contribution in [2.45, 2.75) is 77.0 Å². The largest absolute Gasteiger partial charge is 0.198 e. The zero-order chi connectivity index (χ0) is 15.6. The van der Waals surface area contributed by atoms with Crippen LogP contribution < -0.4 is 0 Å². The van der Waals surface area contributed by atoms with Crippen molar-refractivity contribution >= 4 is 11.4 Å². The minimum Gasteiger partial charge on any atom is -0.198 e. The number of hydrogen-bond donors (Lipinski definition) is 0. The second kappa shape index (κ2) is 9.36. The van der Waals surface area contributed by atoms with Crippen LogP contribution in [0.25, 0.3) is 0 Å². The molecule has 4 heteroatoms. The van der Waals surface area contributed by atoms with Crippen molar-refractivity contribution < 1.29 is 0 Å². The van der Waals surface area contributed by atoms with Crippen molar-refractivity contribution in [2.75, 3.05) is 0 Å². The Morgan fingerprint density at radius 3 is 1.64 bits per heavy atom. The van der Waals surface area contributed by atoms with Crippen LogP contribution in [0.3, 0.4) is 0 Å². The summed E-state index contributed by atoms with van der Waals surface area (Å²) in [4.78, 5) is 0. The summed E-state index contributed by atoms with van der Waals surface area (Å²) in [6, 6.07) is 4.50. The van der Waals surface area contributed by atoms with E-state index in [0.29, 0.717) is 24.7 Å². The third kappa shape index (κ3) is 4.95. The maximum Gasteiger partial charge on any atom is 0.0621 e. The van der Waals surface area contributed by atoms with Gasteiger partial charge in [0.1, 0.15) is 0 Å². The average Bonchev–Trinajstić information content (AvgIpc) is 2.57. The summed E-state index contributed by atoms with van der Waals surface area (Å²) in [5.41, 5.74) is 2.41. The van der Waals surface area contributed by atoms with Gasteiger partial charge in [0.2, 0.25) is 0 Å². The SMILES string of the molecule is N#CCC[C@@H]1CCCC/C1=N/N=C1/CCCC[C@@H]1CCC#N. The van der Waals surface area contributed by atoms with Crippen molar-refractivity contribution in [2.24, 2.45) is 22.0 Å². The Hall–Kier alpha value is -1.68. The molecule has 0 aromatic heterocycles. The smallest absolute Gasteiger partial charge is 0.0621 e. The molecule has 22 heavy (non-hydrogen) atoms. The topological polar surface area (TPSA) is 72.3 Å². The van der Waals surface area contributed by atoms with Crippen molar-refractivity contribution in [1.29, 1.82) is 10.5 Å². The number of nitrogens with zero attached hydrogens (tertiary/aromatic N) is 4. The van der Waals surface area contributed by atoms with E-state index >= 15 is 0 Å². The van der Waals surface area contributed by atoms with Gasteiger partial charge >= 0.3 is 0 Å². The molecular formula is C18H26N4. The van der Waals surface area contributed by atoms with Crippen LogP contribution in [0.4, 0.5) is 0 Å². The zero-order valence-electron chi connectivity index (χ0n) is 13.4. The van der Waals surface area contributed by atoms with Crippen LogP contribution >= 0.6 is 0 Å². The van der Waals surface area contributed by atoms with Crippen LogP contribution in [0.15, 0.2) is 10.2 Å². The van der Waals surface area contributed by atoms with Crippen molar-refractivity contribution in [3.8, 4) is 12.1 Å². The van der Waals surface area contributed by atoms with Gasteiger partial charge in [-0.2, -0.15) is 20.7 Å². The van der Waals surface area contributed by atoms with Crippen LogP contribution in [0.5, 0.6) is 0 Å². The van der Waals surface area contributed by atoms with E-state index in [4.69, 9.17) is 10.5 Å². The molecule has 2 atom stereocenters. The van der Waals surface area contributed by atoms with Gasteiger partial charge in [0.25, 0.3) is 0 Å². The molecule has 2 saturated carbocycles. The molecule has 0 bridgehead atoms. The van der Waals surface area contributed by atoms with Crippen LogP contribution in [-0.4, -0.2) is 11.4 Å². The van der Waals surface area contributed by atoms with Crippen LogP contribution in [0.2, 0.25) is 0 Å². The van der Waals surface area contributed by atoms with E-state index in [0.717, 1.165) is 38.5 Å². The second-order valence-electron chi connectivity index (χ2n) is 6.46. The predicted molar refractivity (Wildman–Crippen MR) is 88.5 cm³/mol. The molecule has 0 radical (unpaired) electrons. The molecule has 118 valence electrons. The molecule has 2 aliphatic rings.